The van der Waals surface area contributed by atoms with Gasteiger partial charge in [0.25, 0.3) is 5.69 Å². The van der Waals surface area contributed by atoms with Crippen LogP contribution < -0.4 is 5.63 Å². The van der Waals surface area contributed by atoms with Gasteiger partial charge in [-0.05, 0) is 24.3 Å². The van der Waals surface area contributed by atoms with E-state index in [4.69, 9.17) is 16.0 Å². The third-order valence-corrected chi connectivity index (χ3v) is 3.24. The van der Waals surface area contributed by atoms with E-state index in [-0.39, 0.29) is 16.6 Å². The Hall–Kier alpha value is -2.73. The second-order valence-electron chi connectivity index (χ2n) is 4.25. The minimum atomic E-state index is -0.606. The van der Waals surface area contributed by atoms with E-state index in [1.165, 1.54) is 18.2 Å². The predicted molar refractivity (Wildman–Crippen MR) is 77.4 cm³/mol. The number of halogens is 1. The molecule has 3 aromatic rings. The maximum absolute atomic E-state index is 11.9. The minimum Gasteiger partial charge on any atom is -0.403 e. The van der Waals surface area contributed by atoms with Crippen LogP contribution >= 0.6 is 11.6 Å². The maximum atomic E-state index is 11.9. The quantitative estimate of drug-likeness (QED) is 0.535. The van der Waals surface area contributed by atoms with Crippen LogP contribution in [0.4, 0.5) is 5.69 Å². The highest BCUT2D eigenvalue weighted by Crippen LogP contribution is 2.29. The lowest BCUT2D eigenvalue weighted by Crippen LogP contribution is -2.02. The van der Waals surface area contributed by atoms with Gasteiger partial charge in [0.15, 0.2) is 0 Å². The van der Waals surface area contributed by atoms with Crippen molar-refractivity contribution in [3.05, 3.63) is 68.0 Å². The summed E-state index contributed by atoms with van der Waals surface area (Å²) >= 11 is 5.75. The lowest BCUT2D eigenvalue weighted by atomic mass is 10.2. The number of fused-ring (bicyclic) bond motifs is 1. The number of hydrogen-bond donors (Lipinski definition) is 0. The molecule has 2 aromatic carbocycles. The second kappa shape index (κ2) is 4.99. The number of nitrogens with zero attached hydrogens (tertiary/aromatic N) is 2. The molecule has 3 rings (SSSR count). The highest BCUT2D eigenvalue weighted by atomic mass is 35.5. The zero-order valence-electron chi connectivity index (χ0n) is 10.4. The summed E-state index contributed by atoms with van der Waals surface area (Å²) in [5, 5.41) is 11.3. The number of benzene rings is 2. The Morgan fingerprint density at radius 2 is 1.95 bits per heavy atom. The van der Waals surface area contributed by atoms with E-state index in [0.717, 1.165) is 0 Å². The maximum Gasteiger partial charge on any atom is 0.347 e. The van der Waals surface area contributed by atoms with E-state index in [9.17, 15) is 14.9 Å². The fourth-order valence-electron chi connectivity index (χ4n) is 1.93. The van der Waals surface area contributed by atoms with Crippen molar-refractivity contribution in [2.45, 2.75) is 0 Å². The summed E-state index contributed by atoms with van der Waals surface area (Å²) in [6.07, 6.45) is 0. The van der Waals surface area contributed by atoms with E-state index in [0.29, 0.717) is 16.5 Å². The molecule has 1 heterocycles. The summed E-state index contributed by atoms with van der Waals surface area (Å²) < 4.78 is 5.12. The molecule has 0 aliphatic rings. The van der Waals surface area contributed by atoms with Gasteiger partial charge in [-0.25, -0.2) is 9.78 Å². The fourth-order valence-corrected chi connectivity index (χ4v) is 2.11. The number of hydrogen-bond acceptors (Lipinski definition) is 5. The Balaban J connectivity index is 2.23. The first-order chi connectivity index (χ1) is 10.1. The molecule has 1 aromatic heterocycles. The minimum absolute atomic E-state index is 0.00638. The van der Waals surface area contributed by atoms with E-state index in [1.54, 1.807) is 24.3 Å². The van der Waals surface area contributed by atoms with Gasteiger partial charge in [0.05, 0.1) is 15.8 Å². The molecule has 0 unspecified atom stereocenters. The van der Waals surface area contributed by atoms with E-state index < -0.39 is 10.5 Å². The smallest absolute Gasteiger partial charge is 0.347 e. The number of nitro groups is 1. The average Bonchev–Trinajstić information content (AvgIpc) is 2.47. The molecule has 0 saturated carbocycles. The van der Waals surface area contributed by atoms with Gasteiger partial charge in [-0.15, -0.1) is 0 Å². The molecule has 0 bridgehead atoms. The number of aromatic nitrogens is 1. The number of rotatable bonds is 2. The highest BCUT2D eigenvalue weighted by molar-refractivity contribution is 6.32. The summed E-state index contributed by atoms with van der Waals surface area (Å²) in [4.78, 5) is 26.4. The van der Waals surface area contributed by atoms with Crippen LogP contribution in [-0.4, -0.2) is 9.91 Å². The van der Waals surface area contributed by atoms with Crippen molar-refractivity contribution >= 4 is 28.2 Å². The van der Waals surface area contributed by atoms with Gasteiger partial charge in [0.2, 0.25) is 5.89 Å². The Bertz CT molecular complexity index is 920. The van der Waals surface area contributed by atoms with Crippen LogP contribution in [0.25, 0.3) is 22.4 Å². The van der Waals surface area contributed by atoms with Crippen LogP contribution in [-0.2, 0) is 0 Å². The zero-order valence-corrected chi connectivity index (χ0v) is 11.2. The SMILES string of the molecule is O=c1oc(-c2ccc(Cl)c([N+](=O)[O-])c2)nc2ccccc12. The summed E-state index contributed by atoms with van der Waals surface area (Å²) in [6.45, 7) is 0. The number of nitro benzene ring substituents is 1. The molecule has 0 N–H and O–H groups in total. The topological polar surface area (TPSA) is 86.2 Å². The van der Waals surface area contributed by atoms with E-state index in [2.05, 4.69) is 4.98 Å². The molecule has 104 valence electrons. The average molecular weight is 303 g/mol. The summed E-state index contributed by atoms with van der Waals surface area (Å²) in [7, 11) is 0. The third-order valence-electron chi connectivity index (χ3n) is 2.93. The van der Waals surface area contributed by atoms with Gasteiger partial charge in [-0.3, -0.25) is 10.1 Å². The molecule has 0 radical (unpaired) electrons. The Morgan fingerprint density at radius 3 is 2.71 bits per heavy atom. The van der Waals surface area contributed by atoms with Gasteiger partial charge < -0.3 is 4.42 Å². The second-order valence-corrected chi connectivity index (χ2v) is 4.65. The molecular weight excluding hydrogens is 296 g/mol. The standard InChI is InChI=1S/C14H7ClN2O4/c15-10-6-5-8(7-12(10)17(19)20)13-16-11-4-2-1-3-9(11)14(18)21-13/h1-7H. The highest BCUT2D eigenvalue weighted by Gasteiger charge is 2.16. The Labute approximate surface area is 122 Å². The predicted octanol–water partition coefficient (Wildman–Crippen LogP) is 3.42. The molecule has 0 fully saturated rings. The van der Waals surface area contributed by atoms with Gasteiger partial charge in [-0.1, -0.05) is 23.7 Å². The molecule has 0 spiro atoms. The van der Waals surface area contributed by atoms with Crippen molar-refractivity contribution in [3.63, 3.8) is 0 Å². The van der Waals surface area contributed by atoms with E-state index in [1.807, 2.05) is 0 Å². The Kier molecular flexibility index (Phi) is 3.15. The lowest BCUT2D eigenvalue weighted by molar-refractivity contribution is -0.384. The molecule has 7 heteroatoms. The molecule has 0 amide bonds. The molecule has 0 atom stereocenters. The van der Waals surface area contributed by atoms with Crippen LogP contribution in [0.3, 0.4) is 0 Å². The lowest BCUT2D eigenvalue weighted by Gasteiger charge is -2.02. The molecule has 0 aliphatic heterocycles. The van der Waals surface area contributed by atoms with Gasteiger partial charge in [0.1, 0.15) is 5.02 Å². The first-order valence-corrected chi connectivity index (χ1v) is 6.28. The number of para-hydroxylation sites is 1. The van der Waals surface area contributed by atoms with Crippen molar-refractivity contribution < 1.29 is 9.34 Å². The first kappa shape index (κ1) is 13.3. The van der Waals surface area contributed by atoms with Crippen LogP contribution in [0.5, 0.6) is 0 Å². The van der Waals surface area contributed by atoms with Crippen LogP contribution in [0.15, 0.2) is 51.7 Å². The first-order valence-electron chi connectivity index (χ1n) is 5.90. The van der Waals surface area contributed by atoms with Crippen molar-refractivity contribution in [1.29, 1.82) is 0 Å². The third kappa shape index (κ3) is 2.36. The van der Waals surface area contributed by atoms with Crippen molar-refractivity contribution in [3.8, 4) is 11.5 Å². The van der Waals surface area contributed by atoms with Gasteiger partial charge >= 0.3 is 5.63 Å². The van der Waals surface area contributed by atoms with E-state index >= 15 is 0 Å². The van der Waals surface area contributed by atoms with Crippen molar-refractivity contribution in [2.75, 3.05) is 0 Å². The van der Waals surface area contributed by atoms with Gasteiger partial charge in [0, 0.05) is 11.6 Å². The summed E-state index contributed by atoms with van der Waals surface area (Å²) in [5.74, 6) is 0.0125. The fraction of sp³-hybridized carbons (Fsp3) is 0. The van der Waals surface area contributed by atoms with Crippen LogP contribution in [0, 0.1) is 10.1 Å². The van der Waals surface area contributed by atoms with Crippen molar-refractivity contribution in [1.82, 2.24) is 4.98 Å². The molecule has 0 aliphatic carbocycles. The van der Waals surface area contributed by atoms with Crippen molar-refractivity contribution in [2.24, 2.45) is 0 Å². The van der Waals surface area contributed by atoms with Crippen LogP contribution in [0.2, 0.25) is 5.02 Å². The molecule has 0 saturated heterocycles. The van der Waals surface area contributed by atoms with Gasteiger partial charge in [-0.2, -0.15) is 0 Å². The zero-order chi connectivity index (χ0) is 15.0. The monoisotopic (exact) mass is 302 g/mol. The molecule has 21 heavy (non-hydrogen) atoms. The molecule has 6 nitrogen and oxygen atoms in total. The normalized spacial score (nSPS) is 10.7. The largest absolute Gasteiger partial charge is 0.403 e. The van der Waals surface area contributed by atoms with Crippen LogP contribution in [0.1, 0.15) is 0 Å². The Morgan fingerprint density at radius 1 is 1.19 bits per heavy atom. The summed E-state index contributed by atoms with van der Waals surface area (Å²) in [5.41, 5.74) is -0.0460. The molecular formula is C14H7ClN2O4. The summed E-state index contributed by atoms with van der Waals surface area (Å²) in [6, 6.07) is 10.8.